The van der Waals surface area contributed by atoms with Crippen molar-refractivity contribution in [1.82, 2.24) is 9.97 Å². The van der Waals surface area contributed by atoms with Gasteiger partial charge < -0.3 is 14.2 Å². The SMILES string of the molecule is O=C1C(=Cc2nc3sc4c(c3s2)C(C(=O)OCc2ccccc2)(C(=O)OCc2ccccc2)Oc2c-4sc3nc(N=C4C(=O)C5CCCCC5C4=O)sc23)C(=O)c2ccccc21. The molecule has 11 rings (SSSR count). The average molecular weight is 896 g/mol. The number of aromatic nitrogens is 2. The standard InChI is InChI=1S/C46H29N3O9S4/c50-32-24-15-7-8-16-25(24)33(51)28(32)19-29-47-41-38(59-29)30-37(60-41)39-36(40-42(61-39)49-45(62-40)48-31-34(52)26-17-9-10-18-27(26)35(31)53)58-46(30,43(54)56-20-22-11-3-1-4-12-22)44(55)57-21-23-13-5-2-6-14-23/h1-8,11-16,19,26-27H,9-10,17-18,20-21H2. The molecule has 0 radical (unpaired) electrons. The second-order valence-corrected chi connectivity index (χ2v) is 19.2. The Morgan fingerprint density at radius 2 is 1.24 bits per heavy atom. The van der Waals surface area contributed by atoms with Crippen molar-refractivity contribution >= 4 is 116 Å². The zero-order valence-electron chi connectivity index (χ0n) is 32.2. The Morgan fingerprint density at radius 1 is 0.694 bits per heavy atom. The van der Waals surface area contributed by atoms with Crippen LogP contribution < -0.4 is 4.74 Å². The summed E-state index contributed by atoms with van der Waals surface area (Å²) < 4.78 is 19.6. The summed E-state index contributed by atoms with van der Waals surface area (Å²) in [5, 5.41) is 0.481. The van der Waals surface area contributed by atoms with Crippen LogP contribution in [0.15, 0.2) is 95.5 Å². The molecule has 3 aliphatic carbocycles. The number of aliphatic imine (C=N–C) groups is 1. The van der Waals surface area contributed by atoms with E-state index in [-0.39, 0.29) is 64.3 Å². The van der Waals surface area contributed by atoms with Gasteiger partial charge in [-0.25, -0.2) is 24.5 Å². The van der Waals surface area contributed by atoms with E-state index >= 15 is 0 Å². The lowest BCUT2D eigenvalue weighted by atomic mass is 9.81. The largest absolute Gasteiger partial charge is 0.457 e. The minimum absolute atomic E-state index is 0.0421. The summed E-state index contributed by atoms with van der Waals surface area (Å²) in [6.45, 7) is -0.384. The first kappa shape index (κ1) is 38.6. The molecule has 16 heteroatoms. The van der Waals surface area contributed by atoms with E-state index < -0.39 is 29.1 Å². The molecular weight excluding hydrogens is 867 g/mol. The van der Waals surface area contributed by atoms with E-state index in [4.69, 9.17) is 24.2 Å². The second kappa shape index (κ2) is 14.9. The fourth-order valence-electron chi connectivity index (χ4n) is 8.57. The topological polar surface area (TPSA) is 168 Å². The first-order chi connectivity index (χ1) is 30.2. The summed E-state index contributed by atoms with van der Waals surface area (Å²) >= 11 is 4.64. The van der Waals surface area contributed by atoms with Gasteiger partial charge >= 0.3 is 17.5 Å². The summed E-state index contributed by atoms with van der Waals surface area (Å²) in [6.07, 6.45) is 4.53. The lowest BCUT2D eigenvalue weighted by Crippen LogP contribution is -2.52. The number of nitrogens with zero attached hydrogens (tertiary/aromatic N) is 3. The van der Waals surface area contributed by atoms with Gasteiger partial charge in [-0.3, -0.25) is 19.2 Å². The van der Waals surface area contributed by atoms with Crippen molar-refractivity contribution in [2.45, 2.75) is 44.5 Å². The predicted octanol–water partition coefficient (Wildman–Crippen LogP) is 9.26. The maximum Gasteiger partial charge on any atom is 0.367 e. The number of Topliss-reactive ketones (excluding diaryl/α,β-unsaturated/α-hetero) is 4. The molecule has 3 aromatic carbocycles. The average Bonchev–Trinajstić information content (AvgIpc) is 4.13. The van der Waals surface area contributed by atoms with E-state index in [9.17, 15) is 28.8 Å². The number of rotatable bonds is 8. The van der Waals surface area contributed by atoms with Crippen LogP contribution in [0.2, 0.25) is 0 Å². The highest BCUT2D eigenvalue weighted by atomic mass is 32.1. The zero-order chi connectivity index (χ0) is 42.3. The van der Waals surface area contributed by atoms with Gasteiger partial charge in [0, 0.05) is 23.0 Å². The summed E-state index contributed by atoms with van der Waals surface area (Å²) in [6, 6.07) is 24.6. The van der Waals surface area contributed by atoms with Gasteiger partial charge in [0.05, 0.1) is 25.6 Å². The van der Waals surface area contributed by atoms with Gasteiger partial charge in [0.2, 0.25) is 5.13 Å². The molecule has 1 aliphatic heterocycles. The van der Waals surface area contributed by atoms with Crippen molar-refractivity contribution < 1.29 is 43.0 Å². The highest BCUT2D eigenvalue weighted by Crippen LogP contribution is 2.60. The van der Waals surface area contributed by atoms with Gasteiger partial charge in [-0.1, -0.05) is 109 Å². The number of esters is 2. The van der Waals surface area contributed by atoms with Crippen LogP contribution in [0.1, 0.15) is 68.1 Å². The minimum Gasteiger partial charge on any atom is -0.457 e. The Kier molecular flexibility index (Phi) is 9.30. The van der Waals surface area contributed by atoms with Gasteiger partial charge in [-0.2, -0.15) is 0 Å². The molecule has 5 heterocycles. The normalized spacial score (nSPS) is 18.6. The van der Waals surface area contributed by atoms with E-state index in [1.54, 1.807) is 72.8 Å². The number of hydrogen-bond acceptors (Lipinski definition) is 16. The number of fused-ring (bicyclic) bond motifs is 9. The molecule has 62 heavy (non-hydrogen) atoms. The fraction of sp³-hybridized carbons (Fsp3) is 0.196. The Morgan fingerprint density at radius 3 is 1.84 bits per heavy atom. The molecule has 2 saturated carbocycles. The molecule has 4 aliphatic rings. The highest BCUT2D eigenvalue weighted by molar-refractivity contribution is 7.35. The molecule has 0 saturated heterocycles. The van der Waals surface area contributed by atoms with Crippen LogP contribution >= 0.6 is 45.3 Å². The second-order valence-electron chi connectivity index (χ2n) is 15.2. The third kappa shape index (κ3) is 6.07. The van der Waals surface area contributed by atoms with Crippen LogP contribution in [0.3, 0.4) is 0 Å². The molecule has 12 nitrogen and oxygen atoms in total. The number of carbonyl (C=O) groups is 6. The molecular formula is C46H29N3O9S4. The quantitative estimate of drug-likeness (QED) is 0.0617. The number of thiazole rings is 2. The van der Waals surface area contributed by atoms with Crippen LogP contribution in [0.5, 0.6) is 5.75 Å². The van der Waals surface area contributed by atoms with Crippen molar-refractivity contribution in [3.8, 4) is 15.5 Å². The molecule has 7 aromatic rings. The highest BCUT2D eigenvalue weighted by Gasteiger charge is 2.60. The third-order valence-corrected chi connectivity index (χ3v) is 16.1. The lowest BCUT2D eigenvalue weighted by molar-refractivity contribution is -0.183. The molecule has 306 valence electrons. The first-order valence-electron chi connectivity index (χ1n) is 19.8. The van der Waals surface area contributed by atoms with Gasteiger partial charge in [0.1, 0.15) is 32.6 Å². The van der Waals surface area contributed by atoms with Crippen LogP contribution in [-0.4, -0.2) is 50.8 Å². The lowest BCUT2D eigenvalue weighted by Gasteiger charge is -2.33. The minimum atomic E-state index is -2.53. The molecule has 4 aromatic heterocycles. The van der Waals surface area contributed by atoms with Gasteiger partial charge in [0.15, 0.2) is 34.6 Å². The number of ether oxygens (including phenoxy) is 3. The van der Waals surface area contributed by atoms with Crippen molar-refractivity contribution in [1.29, 1.82) is 0 Å². The number of carbonyl (C=O) groups excluding carboxylic acids is 6. The van der Waals surface area contributed by atoms with E-state index in [0.29, 0.717) is 68.9 Å². The fourth-order valence-corrected chi connectivity index (χ4v) is 13.4. The van der Waals surface area contributed by atoms with Crippen molar-refractivity contribution in [3.05, 3.63) is 123 Å². The smallest absolute Gasteiger partial charge is 0.367 e. The van der Waals surface area contributed by atoms with Gasteiger partial charge in [-0.05, 0) is 30.0 Å². The first-order valence-corrected chi connectivity index (χ1v) is 23.0. The monoisotopic (exact) mass is 895 g/mol. The summed E-state index contributed by atoms with van der Waals surface area (Å²) in [5.74, 6) is -3.97. The molecule has 0 amide bonds. The van der Waals surface area contributed by atoms with Crippen molar-refractivity contribution in [2.75, 3.05) is 0 Å². The number of benzene rings is 3. The summed E-state index contributed by atoms with van der Waals surface area (Å²) in [4.78, 5) is 99.4. The molecule has 2 fully saturated rings. The van der Waals surface area contributed by atoms with E-state index in [2.05, 4.69) is 4.99 Å². The van der Waals surface area contributed by atoms with Gasteiger partial charge in [0.25, 0.3) is 0 Å². The Hall–Kier alpha value is -6.33. The van der Waals surface area contributed by atoms with Crippen LogP contribution in [0.25, 0.3) is 34.9 Å². The van der Waals surface area contributed by atoms with E-state index in [1.807, 2.05) is 12.1 Å². The van der Waals surface area contributed by atoms with Crippen LogP contribution in [-0.2, 0) is 47.5 Å². The summed E-state index contributed by atoms with van der Waals surface area (Å²) in [5.41, 5.74) is -0.561. The van der Waals surface area contributed by atoms with Gasteiger partial charge in [-0.15, -0.1) is 34.0 Å². The molecule has 0 spiro atoms. The Labute approximate surface area is 367 Å². The number of thiophene rings is 2. The zero-order valence-corrected chi connectivity index (χ0v) is 35.5. The number of hydrogen-bond donors (Lipinski definition) is 0. The maximum absolute atomic E-state index is 15.0. The summed E-state index contributed by atoms with van der Waals surface area (Å²) in [7, 11) is 0. The van der Waals surface area contributed by atoms with Crippen molar-refractivity contribution in [2.24, 2.45) is 16.8 Å². The molecule has 0 bridgehead atoms. The van der Waals surface area contributed by atoms with E-state index in [1.165, 1.54) is 28.7 Å². The van der Waals surface area contributed by atoms with Crippen LogP contribution in [0, 0.1) is 11.8 Å². The maximum atomic E-state index is 15.0. The van der Waals surface area contributed by atoms with E-state index in [0.717, 1.165) is 35.5 Å². The number of allylic oxidation sites excluding steroid dienone is 1. The Bertz CT molecular complexity index is 3040. The number of ketones is 4. The predicted molar refractivity (Wildman–Crippen MR) is 234 cm³/mol. The molecule has 2 unspecified atom stereocenters. The Balaban J connectivity index is 1.06. The molecule has 2 atom stereocenters. The molecule has 0 N–H and O–H groups in total. The third-order valence-electron chi connectivity index (χ3n) is 11.6. The van der Waals surface area contributed by atoms with Crippen LogP contribution in [0.4, 0.5) is 5.13 Å². The van der Waals surface area contributed by atoms with Crippen molar-refractivity contribution in [3.63, 3.8) is 0 Å².